The third-order valence-corrected chi connectivity index (χ3v) is 14.4. The van der Waals surface area contributed by atoms with Crippen LogP contribution in [0.4, 0.5) is 9.93 Å². The summed E-state index contributed by atoms with van der Waals surface area (Å²) in [5.41, 5.74) is 7.12. The number of benzene rings is 4. The molecule has 0 aliphatic carbocycles. The number of nitrogens with zero attached hydrogens (tertiary/aromatic N) is 2. The molecule has 24 nitrogen and oxygen atoms in total. The second-order valence-corrected chi connectivity index (χ2v) is 22.6. The zero-order valence-electron chi connectivity index (χ0n) is 52.1. The molecule has 9 N–H and O–H groups in total. The number of aromatic nitrogens is 5. The van der Waals surface area contributed by atoms with Crippen LogP contribution in [-0.4, -0.2) is 119 Å². The first-order valence-electron chi connectivity index (χ1n) is 26.9. The van der Waals surface area contributed by atoms with E-state index in [2.05, 4.69) is 52.5 Å². The van der Waals surface area contributed by atoms with Gasteiger partial charge in [-0.2, -0.15) is 0 Å². The predicted octanol–water partition coefficient (Wildman–Crippen LogP) is 10.4. The number of halogens is 4. The molecule has 9 rings (SSSR count). The van der Waals surface area contributed by atoms with Crippen LogP contribution in [-0.2, 0) is 9.47 Å². The number of aromatic amines is 3. The molecule has 0 spiro atoms. The van der Waals surface area contributed by atoms with Crippen molar-refractivity contribution in [3.63, 3.8) is 0 Å². The number of Topliss-reactive ketones (excluding diaryl/α,β-unsaturated/α-hetero) is 1. The standard InChI is InChI=1S/C18H20ClNO5.C16H16ClN3O2S.C12H10ClNO4.C11H8ClNO4.C4H10N2S.CH4.Li.H2O/c1-5-13(21)12-8-15(25-18(22)24-9-10(2)3)11-6-7-14(23-4)16(19)17(11)20-12;1-8(2)18-16-20-11(7-23-16)10-6-12(21)9-4-5-13(22-3)14(17)15(9)19-10;1-17-9-4-3-6-8(15)5-7(12(16)18-2)14-11(6)10(9)13;1-17-8-3-2-5-7(14)4-6(11(15)16)13-10(5)9(8)12;1-3(2)6-4(5)7;;;/h6-8,10H,5,9H2,1-4H3;4-8H,1-3H3,(H,18,20)(H,19,21);3-5H,1-2H3,(H,14,15);2-4H,1H3,(H,13,14)(H,15,16);3H,1-2H3,(H3,5,6,7);1H4;;1H2/q;;;;;;+1;/p-1. The fraction of sp³-hybridized carbons (Fsp3) is 0.290. The monoisotopic (exact) mass is 1390 g/mol. The SMILES string of the molecule is C.CC(C)NC(N)=S.CCC(=O)c1cc(OC(=O)OCC(C)C)c2ccc(OC)c(Cl)c2n1.COC(=O)c1cc(=O)c2ccc(OC)c(Cl)c2[nH]1.COc1ccc2c(=O)cc(-c3csc(NC(C)C)n3)[nH]c2c1Cl.COc1ccc2c(=O)cc(C(=O)O)[nH]c2c1Cl.[Li+].[OH-]. The maximum atomic E-state index is 12.3. The molecule has 0 atom stereocenters. The average Bonchev–Trinajstić information content (AvgIpc) is 1.25. The van der Waals surface area contributed by atoms with Crippen molar-refractivity contribution >= 4 is 148 Å². The number of hydrogen-bond donors (Lipinski definition) is 7. The number of carboxylic acid groups (broad SMARTS) is 1. The van der Waals surface area contributed by atoms with E-state index in [1.165, 1.54) is 58.0 Å². The van der Waals surface area contributed by atoms with Gasteiger partial charge in [-0.25, -0.2) is 24.4 Å². The number of thiazole rings is 1. The van der Waals surface area contributed by atoms with Crippen molar-refractivity contribution in [2.45, 2.75) is 74.4 Å². The number of nitrogens with one attached hydrogen (secondary N) is 5. The number of rotatable bonds is 15. The molecular weight excluding hydrogens is 1330 g/mol. The summed E-state index contributed by atoms with van der Waals surface area (Å²) in [6, 6.07) is 18.8. The molecule has 0 aliphatic heterocycles. The number of hydrogen-bond acceptors (Lipinski definition) is 20. The van der Waals surface area contributed by atoms with Crippen molar-refractivity contribution < 1.29 is 81.8 Å². The summed E-state index contributed by atoms with van der Waals surface area (Å²) in [6.07, 6.45) is -0.583. The molecule has 9 aromatic rings. The number of thiocarbonyl (C=S) groups is 1. The first kappa shape index (κ1) is 80.9. The van der Waals surface area contributed by atoms with Gasteiger partial charge in [-0.15, -0.1) is 11.3 Å². The summed E-state index contributed by atoms with van der Waals surface area (Å²) in [5.74, 6) is 0.0254. The smallest absolute Gasteiger partial charge is 0.870 e. The normalized spacial score (nSPS) is 10.3. The second-order valence-electron chi connectivity index (χ2n) is 19.8. The summed E-state index contributed by atoms with van der Waals surface area (Å²) in [6.45, 7) is 13.8. The third kappa shape index (κ3) is 21.4. The summed E-state index contributed by atoms with van der Waals surface area (Å²) < 4.78 is 35.3. The van der Waals surface area contributed by atoms with Crippen molar-refractivity contribution in [3.05, 3.63) is 146 Å². The van der Waals surface area contributed by atoms with Gasteiger partial charge in [-0.05, 0) is 94.4 Å². The first-order valence-corrected chi connectivity index (χ1v) is 29.7. The minimum absolute atomic E-state index is 0. The van der Waals surface area contributed by atoms with Crippen LogP contribution >= 0.6 is 70.0 Å². The van der Waals surface area contributed by atoms with Crippen LogP contribution in [0.3, 0.4) is 0 Å². The van der Waals surface area contributed by atoms with E-state index in [-0.39, 0.29) is 111 Å². The Kier molecular flexibility index (Phi) is 32.6. The van der Waals surface area contributed by atoms with Gasteiger partial charge in [0.25, 0.3) is 0 Å². The number of aromatic carboxylic acids is 1. The molecule has 0 saturated carbocycles. The van der Waals surface area contributed by atoms with Crippen molar-refractivity contribution in [2.24, 2.45) is 11.7 Å². The van der Waals surface area contributed by atoms with Crippen LogP contribution in [0.15, 0.2) is 92.6 Å². The molecule has 0 fully saturated rings. The fourth-order valence-corrected chi connectivity index (χ4v) is 10.1. The molecule has 31 heteroatoms. The van der Waals surface area contributed by atoms with Crippen LogP contribution < -0.4 is 75.2 Å². The predicted molar refractivity (Wildman–Crippen MR) is 365 cm³/mol. The van der Waals surface area contributed by atoms with Crippen molar-refractivity contribution in [2.75, 3.05) is 47.5 Å². The topological polar surface area (TPSA) is 358 Å². The number of H-pyrrole nitrogens is 3. The second kappa shape index (κ2) is 37.5. The van der Waals surface area contributed by atoms with Crippen LogP contribution in [0.1, 0.15) is 93.8 Å². The number of carbonyl (C=O) groups is 4. The largest absolute Gasteiger partial charge is 1.00 e. The molecular formula is C62H69Cl4LiN8O16S2. The Balaban J connectivity index is 0.000000407. The van der Waals surface area contributed by atoms with E-state index < -0.39 is 23.5 Å². The fourth-order valence-electron chi connectivity index (χ4n) is 7.86. The van der Waals surface area contributed by atoms with E-state index in [4.69, 9.17) is 85.7 Å². The number of ether oxygens (including phenoxy) is 7. The minimum Gasteiger partial charge on any atom is -0.870 e. The van der Waals surface area contributed by atoms with Gasteiger partial charge in [0.15, 0.2) is 32.3 Å². The zero-order valence-corrected chi connectivity index (χ0v) is 56.7. The quantitative estimate of drug-likeness (QED) is 0.0217. The molecule has 0 aliphatic rings. The number of carbonyl (C=O) groups excluding carboxylic acids is 3. The molecule has 0 radical (unpaired) electrons. The summed E-state index contributed by atoms with van der Waals surface area (Å²) in [7, 11) is 7.16. The van der Waals surface area contributed by atoms with Gasteiger partial charge < -0.3 is 75.1 Å². The van der Waals surface area contributed by atoms with Crippen LogP contribution in [0.25, 0.3) is 55.0 Å². The first-order chi connectivity index (χ1) is 42.6. The number of nitrogens with two attached hydrogens (primary N) is 1. The number of methoxy groups -OCH3 is 5. The molecule has 5 aromatic heterocycles. The number of ketones is 1. The van der Waals surface area contributed by atoms with Crippen molar-refractivity contribution in [3.8, 4) is 40.1 Å². The Morgan fingerprint density at radius 2 is 1.10 bits per heavy atom. The minimum atomic E-state index is -1.22. The van der Waals surface area contributed by atoms with Gasteiger partial charge in [0.1, 0.15) is 65.9 Å². The van der Waals surface area contributed by atoms with Crippen LogP contribution in [0, 0.1) is 5.92 Å². The molecule has 93 heavy (non-hydrogen) atoms. The number of carboxylic acids is 1. The number of pyridine rings is 4. The third-order valence-electron chi connectivity index (χ3n) is 12.0. The van der Waals surface area contributed by atoms with Gasteiger partial charge >= 0.3 is 37.0 Å². The zero-order chi connectivity index (χ0) is 66.8. The van der Waals surface area contributed by atoms with E-state index in [9.17, 15) is 33.6 Å². The van der Waals surface area contributed by atoms with Crippen molar-refractivity contribution in [1.82, 2.24) is 30.2 Å². The van der Waals surface area contributed by atoms with E-state index in [1.807, 2.05) is 46.9 Å². The Bertz CT molecular complexity index is 4320. The Morgan fingerprint density at radius 1 is 0.645 bits per heavy atom. The molecule has 0 unspecified atom stereocenters. The average molecular weight is 1400 g/mol. The Hall–Kier alpha value is -8.16. The van der Waals surface area contributed by atoms with Gasteiger partial charge in [0, 0.05) is 69.7 Å². The molecule has 0 saturated heterocycles. The van der Waals surface area contributed by atoms with E-state index >= 15 is 0 Å². The maximum absolute atomic E-state index is 12.3. The molecule has 0 amide bonds. The summed E-state index contributed by atoms with van der Waals surface area (Å²) in [5, 5.41) is 20.8. The molecule has 0 bridgehead atoms. The number of fused-ring (bicyclic) bond motifs is 4. The van der Waals surface area contributed by atoms with Gasteiger partial charge in [-0.3, -0.25) is 19.2 Å². The Morgan fingerprint density at radius 3 is 1.52 bits per heavy atom. The summed E-state index contributed by atoms with van der Waals surface area (Å²) >= 11 is 30.7. The van der Waals surface area contributed by atoms with Crippen LogP contribution in [0.2, 0.25) is 20.1 Å². The molecule has 4 aromatic carbocycles. The van der Waals surface area contributed by atoms with Crippen LogP contribution in [0.5, 0.6) is 28.7 Å². The Labute approximate surface area is 575 Å². The summed E-state index contributed by atoms with van der Waals surface area (Å²) in [4.78, 5) is 99.5. The molecule has 494 valence electrons. The molecule has 5 heterocycles. The number of esters is 1. The van der Waals surface area contributed by atoms with Gasteiger partial charge in [0.2, 0.25) is 0 Å². The van der Waals surface area contributed by atoms with E-state index in [0.717, 1.165) is 11.2 Å². The van der Waals surface area contributed by atoms with Crippen molar-refractivity contribution in [1.29, 1.82) is 0 Å². The van der Waals surface area contributed by atoms with E-state index in [0.29, 0.717) is 94.7 Å². The van der Waals surface area contributed by atoms with E-state index in [1.54, 1.807) is 62.6 Å². The van der Waals surface area contributed by atoms with Gasteiger partial charge in [-0.1, -0.05) is 74.6 Å². The maximum Gasteiger partial charge on any atom is 1.00 e. The number of anilines is 1. The van der Waals surface area contributed by atoms with Gasteiger partial charge in [0.05, 0.1) is 75.6 Å².